The van der Waals surface area contributed by atoms with Crippen molar-refractivity contribution in [2.24, 2.45) is 0 Å². The highest BCUT2D eigenvalue weighted by atomic mass is 16.5. The Labute approximate surface area is 111 Å². The molecular formula is C12H17N3O4. The minimum Gasteiger partial charge on any atom is -0.478 e. The Balaban J connectivity index is 2.50. The van der Waals surface area contributed by atoms with Gasteiger partial charge in [-0.3, -0.25) is 4.98 Å². The number of likely N-dealkylation sites (N-methyl/N-ethyl adjacent to an activating group) is 1. The van der Waals surface area contributed by atoms with Gasteiger partial charge in [-0.1, -0.05) is 0 Å². The van der Waals surface area contributed by atoms with E-state index in [-0.39, 0.29) is 18.1 Å². The molecule has 0 atom stereocenters. The second-order valence-corrected chi connectivity index (χ2v) is 3.91. The molecule has 104 valence electrons. The summed E-state index contributed by atoms with van der Waals surface area (Å²) in [5, 5.41) is 11.5. The molecule has 0 spiro atoms. The molecule has 0 aromatic carbocycles. The van der Waals surface area contributed by atoms with Crippen LogP contribution in [0, 0.1) is 0 Å². The molecule has 0 aliphatic carbocycles. The number of ether oxygens (including phenoxy) is 1. The fourth-order valence-corrected chi connectivity index (χ4v) is 1.34. The third-order valence-corrected chi connectivity index (χ3v) is 2.46. The molecule has 7 nitrogen and oxygen atoms in total. The van der Waals surface area contributed by atoms with Crippen molar-refractivity contribution in [2.45, 2.75) is 6.54 Å². The van der Waals surface area contributed by atoms with Crippen LogP contribution in [-0.4, -0.2) is 54.3 Å². The summed E-state index contributed by atoms with van der Waals surface area (Å²) >= 11 is 0. The summed E-state index contributed by atoms with van der Waals surface area (Å²) < 4.78 is 4.87. The van der Waals surface area contributed by atoms with Crippen LogP contribution in [0.25, 0.3) is 0 Å². The van der Waals surface area contributed by atoms with Crippen molar-refractivity contribution in [1.82, 2.24) is 15.2 Å². The molecule has 7 heteroatoms. The molecule has 19 heavy (non-hydrogen) atoms. The molecule has 0 saturated carbocycles. The molecule has 0 saturated heterocycles. The molecular weight excluding hydrogens is 250 g/mol. The third-order valence-electron chi connectivity index (χ3n) is 2.46. The van der Waals surface area contributed by atoms with Crippen LogP contribution in [0.2, 0.25) is 0 Å². The van der Waals surface area contributed by atoms with E-state index in [2.05, 4.69) is 10.3 Å². The van der Waals surface area contributed by atoms with E-state index < -0.39 is 5.97 Å². The normalized spacial score (nSPS) is 10.0. The van der Waals surface area contributed by atoms with Crippen LogP contribution in [0.3, 0.4) is 0 Å². The minimum absolute atomic E-state index is 0.145. The van der Waals surface area contributed by atoms with Gasteiger partial charge in [0, 0.05) is 26.9 Å². The van der Waals surface area contributed by atoms with Gasteiger partial charge in [0.1, 0.15) is 0 Å². The van der Waals surface area contributed by atoms with E-state index in [0.29, 0.717) is 18.8 Å². The number of aromatic nitrogens is 1. The van der Waals surface area contributed by atoms with Crippen molar-refractivity contribution < 1.29 is 19.4 Å². The molecule has 1 rings (SSSR count). The summed E-state index contributed by atoms with van der Waals surface area (Å²) in [5.41, 5.74) is 0.639. The predicted molar refractivity (Wildman–Crippen MR) is 67.9 cm³/mol. The molecule has 1 aromatic rings. The van der Waals surface area contributed by atoms with Crippen molar-refractivity contribution in [1.29, 1.82) is 0 Å². The lowest BCUT2D eigenvalue weighted by Crippen LogP contribution is -2.38. The van der Waals surface area contributed by atoms with E-state index in [0.717, 1.165) is 0 Å². The average molecular weight is 267 g/mol. The average Bonchev–Trinajstić information content (AvgIpc) is 2.42. The van der Waals surface area contributed by atoms with Gasteiger partial charge in [0.25, 0.3) is 0 Å². The summed E-state index contributed by atoms with van der Waals surface area (Å²) in [6.45, 7) is 1.11. The highest BCUT2D eigenvalue weighted by Gasteiger charge is 2.09. The van der Waals surface area contributed by atoms with Crippen LogP contribution in [-0.2, 0) is 11.3 Å². The van der Waals surface area contributed by atoms with Gasteiger partial charge in [0.2, 0.25) is 0 Å². The zero-order chi connectivity index (χ0) is 14.3. The standard InChI is InChI=1S/C12H17N3O4/c1-15(5-6-19-2)12(18)14-8-10-7-9(11(16)17)3-4-13-10/h3-4,7H,5-6,8H2,1-2H3,(H,14,18)(H,16,17). The van der Waals surface area contributed by atoms with Crippen LogP contribution in [0.1, 0.15) is 16.1 Å². The van der Waals surface area contributed by atoms with Gasteiger partial charge >= 0.3 is 12.0 Å². The Morgan fingerprint density at radius 3 is 2.89 bits per heavy atom. The second kappa shape index (κ2) is 7.32. The fourth-order valence-electron chi connectivity index (χ4n) is 1.34. The van der Waals surface area contributed by atoms with Gasteiger partial charge in [0.05, 0.1) is 24.4 Å². The van der Waals surface area contributed by atoms with Gasteiger partial charge in [-0.05, 0) is 12.1 Å². The van der Waals surface area contributed by atoms with Crippen LogP contribution in [0.15, 0.2) is 18.3 Å². The maximum Gasteiger partial charge on any atom is 0.335 e. The number of urea groups is 1. The number of aromatic carboxylic acids is 1. The van der Waals surface area contributed by atoms with Crippen molar-refractivity contribution in [2.75, 3.05) is 27.3 Å². The predicted octanol–water partition coefficient (Wildman–Crippen LogP) is 0.568. The molecule has 0 aliphatic heterocycles. The topological polar surface area (TPSA) is 91.8 Å². The van der Waals surface area contributed by atoms with E-state index in [1.165, 1.54) is 23.2 Å². The van der Waals surface area contributed by atoms with Gasteiger partial charge in [-0.15, -0.1) is 0 Å². The second-order valence-electron chi connectivity index (χ2n) is 3.91. The Morgan fingerprint density at radius 1 is 1.53 bits per heavy atom. The van der Waals surface area contributed by atoms with Gasteiger partial charge < -0.3 is 20.1 Å². The largest absolute Gasteiger partial charge is 0.478 e. The molecule has 0 radical (unpaired) electrons. The number of carboxylic acid groups (broad SMARTS) is 1. The van der Waals surface area contributed by atoms with Gasteiger partial charge in [0.15, 0.2) is 0 Å². The Morgan fingerprint density at radius 2 is 2.26 bits per heavy atom. The number of rotatable bonds is 6. The first-order valence-electron chi connectivity index (χ1n) is 5.70. The number of amides is 2. The van der Waals surface area contributed by atoms with Crippen LogP contribution >= 0.6 is 0 Å². The first-order chi connectivity index (χ1) is 9.04. The van der Waals surface area contributed by atoms with Crippen LogP contribution < -0.4 is 5.32 Å². The SMILES string of the molecule is COCCN(C)C(=O)NCc1cc(C(=O)O)ccn1. The molecule has 0 fully saturated rings. The molecule has 1 aromatic heterocycles. The Bertz CT molecular complexity index is 450. The van der Waals surface area contributed by atoms with E-state index >= 15 is 0 Å². The first kappa shape index (κ1) is 14.9. The molecule has 2 N–H and O–H groups in total. The quantitative estimate of drug-likeness (QED) is 0.786. The zero-order valence-corrected chi connectivity index (χ0v) is 10.9. The summed E-state index contributed by atoms with van der Waals surface area (Å²) in [4.78, 5) is 27.9. The van der Waals surface area contributed by atoms with Crippen molar-refractivity contribution in [3.05, 3.63) is 29.6 Å². The minimum atomic E-state index is -1.02. The molecule has 0 unspecified atom stereocenters. The van der Waals surface area contributed by atoms with E-state index in [1.54, 1.807) is 14.2 Å². The van der Waals surface area contributed by atoms with Gasteiger partial charge in [-0.25, -0.2) is 9.59 Å². The van der Waals surface area contributed by atoms with E-state index in [1.807, 2.05) is 0 Å². The lowest BCUT2D eigenvalue weighted by molar-refractivity contribution is 0.0696. The number of nitrogens with zero attached hydrogens (tertiary/aromatic N) is 2. The number of hydrogen-bond donors (Lipinski definition) is 2. The van der Waals surface area contributed by atoms with Crippen molar-refractivity contribution in [3.8, 4) is 0 Å². The van der Waals surface area contributed by atoms with Crippen LogP contribution in [0.4, 0.5) is 4.79 Å². The highest BCUT2D eigenvalue weighted by molar-refractivity contribution is 5.87. The Hall–Kier alpha value is -2.15. The zero-order valence-electron chi connectivity index (χ0n) is 10.9. The lowest BCUT2D eigenvalue weighted by Gasteiger charge is -2.17. The summed E-state index contributed by atoms with van der Waals surface area (Å²) in [6.07, 6.45) is 1.40. The number of carbonyl (C=O) groups is 2. The number of carbonyl (C=O) groups excluding carboxylic acids is 1. The summed E-state index contributed by atoms with van der Waals surface area (Å²) in [6, 6.07) is 2.57. The van der Waals surface area contributed by atoms with E-state index in [4.69, 9.17) is 9.84 Å². The number of carboxylic acids is 1. The number of pyridine rings is 1. The Kier molecular flexibility index (Phi) is 5.74. The number of methoxy groups -OCH3 is 1. The smallest absolute Gasteiger partial charge is 0.335 e. The molecule has 0 aliphatic rings. The monoisotopic (exact) mass is 267 g/mol. The van der Waals surface area contributed by atoms with Crippen LogP contribution in [0.5, 0.6) is 0 Å². The maximum atomic E-state index is 11.7. The fraction of sp³-hybridized carbons (Fsp3) is 0.417. The van der Waals surface area contributed by atoms with Crippen molar-refractivity contribution in [3.63, 3.8) is 0 Å². The summed E-state index contributed by atoms with van der Waals surface area (Å²) in [7, 11) is 3.21. The maximum absolute atomic E-state index is 11.7. The number of nitrogens with one attached hydrogen (secondary N) is 1. The van der Waals surface area contributed by atoms with E-state index in [9.17, 15) is 9.59 Å². The molecule has 2 amide bonds. The first-order valence-corrected chi connectivity index (χ1v) is 5.70. The lowest BCUT2D eigenvalue weighted by atomic mass is 10.2. The van der Waals surface area contributed by atoms with Crippen molar-refractivity contribution >= 4 is 12.0 Å². The molecule has 0 bridgehead atoms. The molecule has 1 heterocycles. The van der Waals surface area contributed by atoms with Gasteiger partial charge in [-0.2, -0.15) is 0 Å². The summed E-state index contributed by atoms with van der Waals surface area (Å²) in [5.74, 6) is -1.02. The highest BCUT2D eigenvalue weighted by Crippen LogP contribution is 2.01. The number of hydrogen-bond acceptors (Lipinski definition) is 4. The third kappa shape index (κ3) is 4.92.